The first-order chi connectivity index (χ1) is 9.62. The normalized spacial score (nSPS) is 12.2. The first-order valence-electron chi connectivity index (χ1n) is 7.21. The molecule has 0 radical (unpaired) electrons. The van der Waals surface area contributed by atoms with Gasteiger partial charge in [0.15, 0.2) is 0 Å². The standard InChI is InChI=1S/C16H25NO2S/c1-4-13-7-6-8-14(5-2)16(13)17-15(19)11-20-10-12(3)9-18/h6-8,12,18H,4-5,9-11H2,1-3H3,(H,17,19). The zero-order chi connectivity index (χ0) is 15.0. The number of carbonyl (C=O) groups excluding carboxylic acids is 1. The van der Waals surface area contributed by atoms with Crippen LogP contribution in [0, 0.1) is 5.92 Å². The molecular formula is C16H25NO2S. The van der Waals surface area contributed by atoms with E-state index in [1.54, 1.807) is 11.8 Å². The summed E-state index contributed by atoms with van der Waals surface area (Å²) < 4.78 is 0. The van der Waals surface area contributed by atoms with Gasteiger partial charge in [-0.05, 0) is 35.6 Å². The molecular weight excluding hydrogens is 270 g/mol. The lowest BCUT2D eigenvalue weighted by Crippen LogP contribution is -2.18. The molecule has 0 aromatic heterocycles. The highest BCUT2D eigenvalue weighted by Gasteiger charge is 2.10. The van der Waals surface area contributed by atoms with Crippen LogP contribution in [-0.2, 0) is 17.6 Å². The van der Waals surface area contributed by atoms with Gasteiger partial charge in [0, 0.05) is 12.3 Å². The Morgan fingerprint density at radius 2 is 1.90 bits per heavy atom. The molecule has 1 aromatic carbocycles. The molecule has 4 heteroatoms. The van der Waals surface area contributed by atoms with E-state index in [2.05, 4.69) is 31.3 Å². The average molecular weight is 295 g/mol. The maximum absolute atomic E-state index is 12.0. The van der Waals surface area contributed by atoms with Crippen molar-refractivity contribution in [3.63, 3.8) is 0 Å². The monoisotopic (exact) mass is 295 g/mol. The second kappa shape index (κ2) is 9.03. The van der Waals surface area contributed by atoms with Gasteiger partial charge in [0.1, 0.15) is 0 Å². The molecule has 20 heavy (non-hydrogen) atoms. The Balaban J connectivity index is 2.61. The summed E-state index contributed by atoms with van der Waals surface area (Å²) in [6.07, 6.45) is 1.83. The van der Waals surface area contributed by atoms with Gasteiger partial charge in [0.25, 0.3) is 0 Å². The van der Waals surface area contributed by atoms with Crippen molar-refractivity contribution < 1.29 is 9.90 Å². The Labute approximate surface area is 126 Å². The van der Waals surface area contributed by atoms with Gasteiger partial charge >= 0.3 is 0 Å². The minimum atomic E-state index is 0.0377. The molecule has 0 spiro atoms. The van der Waals surface area contributed by atoms with E-state index >= 15 is 0 Å². The maximum Gasteiger partial charge on any atom is 0.234 e. The molecule has 3 nitrogen and oxygen atoms in total. The number of aliphatic hydroxyl groups excluding tert-OH is 1. The minimum absolute atomic E-state index is 0.0377. The first kappa shape index (κ1) is 17.1. The number of para-hydroxylation sites is 1. The largest absolute Gasteiger partial charge is 0.396 e. The Bertz CT molecular complexity index is 412. The number of benzene rings is 1. The summed E-state index contributed by atoms with van der Waals surface area (Å²) in [7, 11) is 0. The van der Waals surface area contributed by atoms with Crippen molar-refractivity contribution in [3.05, 3.63) is 29.3 Å². The summed E-state index contributed by atoms with van der Waals surface area (Å²) in [5, 5.41) is 12.0. The van der Waals surface area contributed by atoms with Gasteiger partial charge in [0.05, 0.1) is 5.75 Å². The van der Waals surface area contributed by atoms with E-state index < -0.39 is 0 Å². The number of aryl methyl sites for hydroxylation is 2. The van der Waals surface area contributed by atoms with E-state index in [0.29, 0.717) is 5.75 Å². The Kier molecular flexibility index (Phi) is 7.70. The highest BCUT2D eigenvalue weighted by Crippen LogP contribution is 2.23. The predicted molar refractivity (Wildman–Crippen MR) is 87.4 cm³/mol. The van der Waals surface area contributed by atoms with Crippen LogP contribution in [0.4, 0.5) is 5.69 Å². The molecule has 1 unspecified atom stereocenters. The van der Waals surface area contributed by atoms with Gasteiger partial charge in [-0.2, -0.15) is 11.8 Å². The molecule has 0 aliphatic carbocycles. The quantitative estimate of drug-likeness (QED) is 0.775. The topological polar surface area (TPSA) is 49.3 Å². The van der Waals surface area contributed by atoms with Gasteiger partial charge in [-0.15, -0.1) is 0 Å². The molecule has 2 N–H and O–H groups in total. The third-order valence-electron chi connectivity index (χ3n) is 3.21. The van der Waals surface area contributed by atoms with E-state index in [0.717, 1.165) is 24.3 Å². The van der Waals surface area contributed by atoms with Crippen LogP contribution in [0.1, 0.15) is 31.9 Å². The summed E-state index contributed by atoms with van der Waals surface area (Å²) in [6, 6.07) is 6.18. The van der Waals surface area contributed by atoms with E-state index in [4.69, 9.17) is 5.11 Å². The van der Waals surface area contributed by atoms with E-state index in [-0.39, 0.29) is 18.4 Å². The van der Waals surface area contributed by atoms with Gasteiger partial charge in [-0.3, -0.25) is 4.79 Å². The molecule has 1 atom stereocenters. The third-order valence-corrected chi connectivity index (χ3v) is 4.48. The number of rotatable bonds is 8. The first-order valence-corrected chi connectivity index (χ1v) is 8.37. The van der Waals surface area contributed by atoms with Crippen molar-refractivity contribution in [1.29, 1.82) is 0 Å². The van der Waals surface area contributed by atoms with Crippen molar-refractivity contribution in [2.75, 3.05) is 23.4 Å². The SMILES string of the molecule is CCc1cccc(CC)c1NC(=O)CSCC(C)CO. The Morgan fingerprint density at radius 1 is 1.30 bits per heavy atom. The number of hydrogen-bond donors (Lipinski definition) is 2. The smallest absolute Gasteiger partial charge is 0.234 e. The number of thioether (sulfide) groups is 1. The number of carbonyl (C=O) groups is 1. The lowest BCUT2D eigenvalue weighted by Gasteiger charge is -2.14. The van der Waals surface area contributed by atoms with Crippen LogP contribution >= 0.6 is 11.8 Å². The fourth-order valence-electron chi connectivity index (χ4n) is 1.98. The molecule has 0 saturated carbocycles. The molecule has 1 rings (SSSR count). The molecule has 0 aliphatic rings. The molecule has 1 aromatic rings. The molecule has 0 bridgehead atoms. The molecule has 0 fully saturated rings. The van der Waals surface area contributed by atoms with Gasteiger partial charge in [-0.25, -0.2) is 0 Å². The molecule has 0 aliphatic heterocycles. The van der Waals surface area contributed by atoms with Crippen molar-refractivity contribution >= 4 is 23.4 Å². The third kappa shape index (κ3) is 5.17. The zero-order valence-corrected chi connectivity index (χ0v) is 13.4. The molecule has 112 valence electrons. The highest BCUT2D eigenvalue weighted by molar-refractivity contribution is 7.99. The average Bonchev–Trinajstić information content (AvgIpc) is 2.47. The lowest BCUT2D eigenvalue weighted by molar-refractivity contribution is -0.113. The van der Waals surface area contributed by atoms with Gasteiger partial charge in [-0.1, -0.05) is 39.0 Å². The van der Waals surface area contributed by atoms with Crippen LogP contribution in [0.2, 0.25) is 0 Å². The van der Waals surface area contributed by atoms with Crippen LogP contribution in [0.3, 0.4) is 0 Å². The van der Waals surface area contributed by atoms with Crippen molar-refractivity contribution in [1.82, 2.24) is 0 Å². The summed E-state index contributed by atoms with van der Waals surface area (Å²) in [6.45, 7) is 6.35. The summed E-state index contributed by atoms with van der Waals surface area (Å²) in [4.78, 5) is 12.0. The zero-order valence-electron chi connectivity index (χ0n) is 12.6. The second-order valence-electron chi connectivity index (χ2n) is 5.01. The van der Waals surface area contributed by atoms with Gasteiger partial charge in [0.2, 0.25) is 5.91 Å². The summed E-state index contributed by atoms with van der Waals surface area (Å²) >= 11 is 1.57. The van der Waals surface area contributed by atoms with Crippen molar-refractivity contribution in [2.24, 2.45) is 5.92 Å². The van der Waals surface area contributed by atoms with Crippen molar-refractivity contribution in [2.45, 2.75) is 33.6 Å². The van der Waals surface area contributed by atoms with E-state index in [1.807, 2.05) is 13.0 Å². The van der Waals surface area contributed by atoms with Crippen LogP contribution in [-0.4, -0.2) is 29.1 Å². The molecule has 0 heterocycles. The Hall–Kier alpha value is -1.000. The second-order valence-corrected chi connectivity index (χ2v) is 6.04. The number of nitrogens with one attached hydrogen (secondary N) is 1. The van der Waals surface area contributed by atoms with Crippen molar-refractivity contribution in [3.8, 4) is 0 Å². The van der Waals surface area contributed by atoms with Crippen LogP contribution in [0.15, 0.2) is 18.2 Å². The van der Waals surface area contributed by atoms with Gasteiger partial charge < -0.3 is 10.4 Å². The number of amides is 1. The van der Waals surface area contributed by atoms with E-state index in [1.165, 1.54) is 11.1 Å². The maximum atomic E-state index is 12.0. The number of hydrogen-bond acceptors (Lipinski definition) is 3. The fourth-order valence-corrected chi connectivity index (χ4v) is 2.87. The molecule has 1 amide bonds. The number of aliphatic hydroxyl groups is 1. The van der Waals surface area contributed by atoms with Crippen LogP contribution < -0.4 is 5.32 Å². The lowest BCUT2D eigenvalue weighted by atomic mass is 10.0. The minimum Gasteiger partial charge on any atom is -0.396 e. The van der Waals surface area contributed by atoms with Crippen LogP contribution in [0.5, 0.6) is 0 Å². The Morgan fingerprint density at radius 3 is 2.40 bits per heavy atom. The number of anilines is 1. The van der Waals surface area contributed by atoms with Crippen LogP contribution in [0.25, 0.3) is 0 Å². The predicted octanol–water partition coefficient (Wildman–Crippen LogP) is 3.11. The molecule has 0 saturated heterocycles. The fraction of sp³-hybridized carbons (Fsp3) is 0.562. The van der Waals surface area contributed by atoms with E-state index in [9.17, 15) is 4.79 Å². The summed E-state index contributed by atoms with van der Waals surface area (Å²) in [5.74, 6) is 1.52. The highest BCUT2D eigenvalue weighted by atomic mass is 32.2. The summed E-state index contributed by atoms with van der Waals surface area (Å²) in [5.41, 5.74) is 3.36.